The van der Waals surface area contributed by atoms with Crippen molar-refractivity contribution in [3.05, 3.63) is 59.7 Å². The summed E-state index contributed by atoms with van der Waals surface area (Å²) in [6.45, 7) is 6.53. The van der Waals surface area contributed by atoms with Gasteiger partial charge in [0.15, 0.2) is 6.61 Å². The Bertz CT molecular complexity index is 810. The van der Waals surface area contributed by atoms with Crippen LogP contribution >= 0.6 is 12.4 Å². The van der Waals surface area contributed by atoms with Gasteiger partial charge in [0.05, 0.1) is 6.04 Å². The maximum atomic E-state index is 12.0. The average Bonchev–Trinajstić information content (AvgIpc) is 2.66. The van der Waals surface area contributed by atoms with Crippen molar-refractivity contribution < 1.29 is 14.3 Å². The zero-order valence-corrected chi connectivity index (χ0v) is 18.6. The van der Waals surface area contributed by atoms with Crippen LogP contribution in [0.4, 0.5) is 5.69 Å². The molecule has 0 radical (unpaired) electrons. The summed E-state index contributed by atoms with van der Waals surface area (Å²) in [5.74, 6) is 0.691. The van der Waals surface area contributed by atoms with Crippen LogP contribution in [0.2, 0.25) is 0 Å². The van der Waals surface area contributed by atoms with E-state index in [-0.39, 0.29) is 30.8 Å². The zero-order valence-electron chi connectivity index (χ0n) is 17.8. The molecule has 164 valence electrons. The second-order valence-corrected chi connectivity index (χ2v) is 7.63. The third kappa shape index (κ3) is 9.29. The third-order valence-corrected chi connectivity index (χ3v) is 4.37. The van der Waals surface area contributed by atoms with Gasteiger partial charge < -0.3 is 21.1 Å². The third-order valence-electron chi connectivity index (χ3n) is 4.37. The molecule has 0 heterocycles. The molecule has 2 amide bonds. The number of amides is 2. The number of ether oxygens (including phenoxy) is 1. The van der Waals surface area contributed by atoms with E-state index in [9.17, 15) is 9.59 Å². The number of carbonyl (C=O) groups excluding carboxylic acids is 2. The van der Waals surface area contributed by atoms with Crippen LogP contribution in [0.5, 0.6) is 5.75 Å². The van der Waals surface area contributed by atoms with E-state index in [1.165, 1.54) is 0 Å². The lowest BCUT2D eigenvalue weighted by Gasteiger charge is -2.14. The van der Waals surface area contributed by atoms with Gasteiger partial charge in [0.25, 0.3) is 5.91 Å². The highest BCUT2D eigenvalue weighted by atomic mass is 35.5. The topological polar surface area (TPSA) is 93.5 Å². The molecule has 2 aromatic rings. The first-order valence-corrected chi connectivity index (χ1v) is 9.95. The van der Waals surface area contributed by atoms with Gasteiger partial charge in [-0.05, 0) is 61.1 Å². The van der Waals surface area contributed by atoms with Crippen molar-refractivity contribution in [2.24, 2.45) is 11.7 Å². The molecule has 1 atom stereocenters. The first-order chi connectivity index (χ1) is 13.8. The fourth-order valence-corrected chi connectivity index (χ4v) is 2.90. The Kier molecular flexibility index (Phi) is 10.9. The molecule has 7 heteroatoms. The van der Waals surface area contributed by atoms with Gasteiger partial charge in [-0.15, -0.1) is 12.4 Å². The fraction of sp³-hybridized carbons (Fsp3) is 0.391. The van der Waals surface area contributed by atoms with Crippen LogP contribution in [0, 0.1) is 12.8 Å². The van der Waals surface area contributed by atoms with Crippen molar-refractivity contribution in [1.29, 1.82) is 0 Å². The Hall–Kier alpha value is -2.57. The van der Waals surface area contributed by atoms with E-state index in [2.05, 4.69) is 10.6 Å². The van der Waals surface area contributed by atoms with Gasteiger partial charge in [-0.25, -0.2) is 0 Å². The number of carbonyl (C=O) groups is 2. The Balaban J connectivity index is 0.00000450. The normalized spacial score (nSPS) is 11.4. The Morgan fingerprint density at radius 3 is 2.43 bits per heavy atom. The Morgan fingerprint density at radius 1 is 1.10 bits per heavy atom. The molecule has 0 aromatic heterocycles. The molecule has 0 spiro atoms. The minimum absolute atomic E-state index is 0. The Morgan fingerprint density at radius 2 is 1.80 bits per heavy atom. The lowest BCUT2D eigenvalue weighted by Crippen LogP contribution is -2.42. The summed E-state index contributed by atoms with van der Waals surface area (Å²) in [6, 6.07) is 14.6. The molecule has 0 unspecified atom stereocenters. The standard InChI is InChI=1S/C23H31N3O3.ClH/c1-16(2)13-21(24)23(28)25-12-11-18-7-9-20(10-8-18)29-15-22(27)26-19-6-4-5-17(3)14-19;/h4-10,14,16,21H,11-13,15,24H2,1-3H3,(H,25,28)(H,26,27);1H/t21-;/m0./s1. The van der Waals surface area contributed by atoms with Gasteiger partial charge in [0.1, 0.15) is 5.75 Å². The second-order valence-electron chi connectivity index (χ2n) is 7.63. The molecule has 0 fully saturated rings. The molecule has 2 aromatic carbocycles. The van der Waals surface area contributed by atoms with E-state index < -0.39 is 6.04 Å². The van der Waals surface area contributed by atoms with E-state index in [1.54, 1.807) is 0 Å². The molecule has 0 aliphatic carbocycles. The lowest BCUT2D eigenvalue weighted by molar-refractivity contribution is -0.122. The van der Waals surface area contributed by atoms with E-state index >= 15 is 0 Å². The summed E-state index contributed by atoms with van der Waals surface area (Å²) >= 11 is 0. The van der Waals surface area contributed by atoms with Crippen LogP contribution in [0.1, 0.15) is 31.4 Å². The minimum Gasteiger partial charge on any atom is -0.484 e. The average molecular weight is 434 g/mol. The zero-order chi connectivity index (χ0) is 21.2. The first kappa shape index (κ1) is 25.5. The number of nitrogens with one attached hydrogen (secondary N) is 2. The number of nitrogens with two attached hydrogens (primary N) is 1. The quantitative estimate of drug-likeness (QED) is 0.534. The number of hydrogen-bond acceptors (Lipinski definition) is 4. The van der Waals surface area contributed by atoms with Gasteiger partial charge in [0.2, 0.25) is 5.91 Å². The van der Waals surface area contributed by atoms with Gasteiger partial charge in [-0.3, -0.25) is 9.59 Å². The lowest BCUT2D eigenvalue weighted by atomic mass is 10.0. The number of halogens is 1. The van der Waals surface area contributed by atoms with Crippen molar-refractivity contribution in [2.75, 3.05) is 18.5 Å². The highest BCUT2D eigenvalue weighted by Crippen LogP contribution is 2.13. The number of hydrogen-bond donors (Lipinski definition) is 3. The SMILES string of the molecule is Cc1cccc(NC(=O)COc2ccc(CCNC(=O)[C@@H](N)CC(C)C)cc2)c1.Cl. The van der Waals surface area contributed by atoms with E-state index in [1.807, 2.05) is 69.3 Å². The maximum Gasteiger partial charge on any atom is 0.262 e. The number of anilines is 1. The van der Waals surface area contributed by atoms with Gasteiger partial charge in [0, 0.05) is 12.2 Å². The predicted molar refractivity (Wildman–Crippen MR) is 123 cm³/mol. The van der Waals surface area contributed by atoms with Gasteiger partial charge >= 0.3 is 0 Å². The molecular formula is C23H32ClN3O3. The highest BCUT2D eigenvalue weighted by Gasteiger charge is 2.14. The summed E-state index contributed by atoms with van der Waals surface area (Å²) in [7, 11) is 0. The van der Waals surface area contributed by atoms with E-state index in [4.69, 9.17) is 10.5 Å². The van der Waals surface area contributed by atoms with Crippen LogP contribution in [0.25, 0.3) is 0 Å². The van der Waals surface area contributed by atoms with Crippen molar-refractivity contribution in [1.82, 2.24) is 5.32 Å². The minimum atomic E-state index is -0.461. The number of aryl methyl sites for hydroxylation is 1. The van der Waals surface area contributed by atoms with Crippen LogP contribution in [0.3, 0.4) is 0 Å². The summed E-state index contributed by atoms with van der Waals surface area (Å²) in [4.78, 5) is 23.9. The summed E-state index contributed by atoms with van der Waals surface area (Å²) in [5, 5.41) is 5.68. The molecule has 0 bridgehead atoms. The molecule has 0 saturated carbocycles. The van der Waals surface area contributed by atoms with Crippen molar-refractivity contribution >= 4 is 29.9 Å². The monoisotopic (exact) mass is 433 g/mol. The molecule has 0 aliphatic rings. The summed E-state index contributed by atoms with van der Waals surface area (Å²) in [6.07, 6.45) is 1.38. The van der Waals surface area contributed by atoms with Crippen molar-refractivity contribution in [2.45, 2.75) is 39.7 Å². The van der Waals surface area contributed by atoms with Gasteiger partial charge in [-0.1, -0.05) is 38.1 Å². The fourth-order valence-electron chi connectivity index (χ4n) is 2.90. The Labute approximate surface area is 185 Å². The molecule has 6 nitrogen and oxygen atoms in total. The number of benzene rings is 2. The molecule has 0 aliphatic heterocycles. The summed E-state index contributed by atoms with van der Waals surface area (Å²) < 4.78 is 5.54. The smallest absolute Gasteiger partial charge is 0.262 e. The first-order valence-electron chi connectivity index (χ1n) is 9.95. The van der Waals surface area contributed by atoms with Crippen LogP contribution in [-0.4, -0.2) is 31.0 Å². The molecule has 4 N–H and O–H groups in total. The molecule has 0 saturated heterocycles. The van der Waals surface area contributed by atoms with Crippen LogP contribution in [-0.2, 0) is 16.0 Å². The largest absolute Gasteiger partial charge is 0.484 e. The van der Waals surface area contributed by atoms with Crippen LogP contribution in [0.15, 0.2) is 48.5 Å². The second kappa shape index (κ2) is 12.9. The maximum absolute atomic E-state index is 12.0. The van der Waals surface area contributed by atoms with Gasteiger partial charge in [-0.2, -0.15) is 0 Å². The van der Waals surface area contributed by atoms with E-state index in [0.29, 0.717) is 31.1 Å². The predicted octanol–water partition coefficient (Wildman–Crippen LogP) is 3.47. The molecule has 2 rings (SSSR count). The molecule has 30 heavy (non-hydrogen) atoms. The van der Waals surface area contributed by atoms with Crippen LogP contribution < -0.4 is 21.1 Å². The summed E-state index contributed by atoms with van der Waals surface area (Å²) in [5.41, 5.74) is 8.77. The number of rotatable bonds is 10. The van der Waals surface area contributed by atoms with Crippen molar-refractivity contribution in [3.8, 4) is 5.75 Å². The highest BCUT2D eigenvalue weighted by molar-refractivity contribution is 5.91. The molecular weight excluding hydrogens is 402 g/mol. The van der Waals surface area contributed by atoms with E-state index in [0.717, 1.165) is 16.8 Å². The van der Waals surface area contributed by atoms with Crippen molar-refractivity contribution in [3.63, 3.8) is 0 Å².